The van der Waals surface area contributed by atoms with Crippen molar-refractivity contribution in [2.45, 2.75) is 13.0 Å². The van der Waals surface area contributed by atoms with E-state index in [1.54, 1.807) is 0 Å². The van der Waals surface area contributed by atoms with E-state index in [1.807, 2.05) is 0 Å². The Bertz CT molecular complexity index is 161. The van der Waals surface area contributed by atoms with E-state index in [2.05, 4.69) is 4.72 Å². The molecule has 4 nitrogen and oxygen atoms in total. The second-order valence-electron chi connectivity index (χ2n) is 1.83. The van der Waals surface area contributed by atoms with Gasteiger partial charge in [-0.15, -0.1) is 0 Å². The van der Waals surface area contributed by atoms with Gasteiger partial charge in [-0.2, -0.15) is 0 Å². The van der Waals surface area contributed by atoms with Gasteiger partial charge in [-0.1, -0.05) is 0 Å². The summed E-state index contributed by atoms with van der Waals surface area (Å²) in [5.74, 6) is -0.233. The molecule has 0 bridgehead atoms. The summed E-state index contributed by atoms with van der Waals surface area (Å²) in [6.45, 7) is 1.43. The van der Waals surface area contributed by atoms with Gasteiger partial charge < -0.3 is 5.11 Å². The van der Waals surface area contributed by atoms with Crippen LogP contribution in [0, 0.1) is 0 Å². The molecule has 0 aromatic rings. The lowest BCUT2D eigenvalue weighted by Gasteiger charge is -2.02. The molecule has 0 saturated carbocycles. The molecular formula is C4H11NO3S. The van der Waals surface area contributed by atoms with Crippen LogP contribution in [0.5, 0.6) is 0 Å². The van der Waals surface area contributed by atoms with Gasteiger partial charge >= 0.3 is 0 Å². The van der Waals surface area contributed by atoms with Gasteiger partial charge in [-0.05, 0) is 14.0 Å². The van der Waals surface area contributed by atoms with E-state index in [9.17, 15) is 8.42 Å². The summed E-state index contributed by atoms with van der Waals surface area (Å²) in [4.78, 5) is 0. The monoisotopic (exact) mass is 153 g/mol. The molecule has 0 rings (SSSR count). The zero-order valence-electron chi connectivity index (χ0n) is 5.46. The molecule has 0 aromatic carbocycles. The number of aliphatic hydroxyl groups is 1. The van der Waals surface area contributed by atoms with Crippen LogP contribution in [0.2, 0.25) is 0 Å². The maximum Gasteiger partial charge on any atom is 0.213 e. The number of hydrogen-bond acceptors (Lipinski definition) is 3. The lowest BCUT2D eigenvalue weighted by Crippen LogP contribution is -2.27. The summed E-state index contributed by atoms with van der Waals surface area (Å²) in [5.41, 5.74) is 0. The molecule has 0 fully saturated rings. The third-order valence-electron chi connectivity index (χ3n) is 0.772. The van der Waals surface area contributed by atoms with Gasteiger partial charge in [0.25, 0.3) is 0 Å². The highest BCUT2D eigenvalue weighted by Gasteiger charge is 2.09. The van der Waals surface area contributed by atoms with Crippen LogP contribution in [0.1, 0.15) is 6.92 Å². The van der Waals surface area contributed by atoms with E-state index in [0.717, 1.165) is 0 Å². The van der Waals surface area contributed by atoms with Crippen molar-refractivity contribution < 1.29 is 13.5 Å². The Balaban J connectivity index is 3.90. The molecule has 0 amide bonds. The fourth-order valence-electron chi connectivity index (χ4n) is 0.401. The summed E-state index contributed by atoms with van der Waals surface area (Å²) in [6.07, 6.45) is -0.803. The van der Waals surface area contributed by atoms with Crippen LogP contribution in [-0.4, -0.2) is 32.4 Å². The molecule has 0 saturated heterocycles. The number of rotatable bonds is 3. The minimum atomic E-state index is -3.22. The normalized spacial score (nSPS) is 15.4. The highest BCUT2D eigenvalue weighted by atomic mass is 32.2. The second kappa shape index (κ2) is 3.14. The Kier molecular flexibility index (Phi) is 3.10. The molecule has 0 aliphatic heterocycles. The van der Waals surface area contributed by atoms with E-state index >= 15 is 0 Å². The highest BCUT2D eigenvalue weighted by Crippen LogP contribution is 1.86. The van der Waals surface area contributed by atoms with Gasteiger partial charge in [0.15, 0.2) is 0 Å². The molecule has 0 spiro atoms. The number of sulfonamides is 1. The third-order valence-corrected chi connectivity index (χ3v) is 2.31. The van der Waals surface area contributed by atoms with Gasteiger partial charge in [0.1, 0.15) is 0 Å². The molecule has 0 aliphatic carbocycles. The minimum absolute atomic E-state index is 0.233. The summed E-state index contributed by atoms with van der Waals surface area (Å²) in [6, 6.07) is 0. The molecule has 0 radical (unpaired) electrons. The molecule has 1 atom stereocenters. The molecule has 2 N–H and O–H groups in total. The molecule has 0 heterocycles. The van der Waals surface area contributed by atoms with E-state index < -0.39 is 16.1 Å². The van der Waals surface area contributed by atoms with Crippen LogP contribution in [0.4, 0.5) is 0 Å². The smallest absolute Gasteiger partial charge is 0.213 e. The van der Waals surface area contributed by atoms with Crippen molar-refractivity contribution in [3.05, 3.63) is 0 Å². The van der Waals surface area contributed by atoms with Gasteiger partial charge in [-0.3, -0.25) is 0 Å². The molecule has 1 unspecified atom stereocenters. The van der Waals surface area contributed by atoms with Crippen molar-refractivity contribution in [3.63, 3.8) is 0 Å². The predicted octanol–water partition coefficient (Wildman–Crippen LogP) is -1.08. The summed E-state index contributed by atoms with van der Waals surface area (Å²) < 4.78 is 23.2. The van der Waals surface area contributed by atoms with Gasteiger partial charge in [-0.25, -0.2) is 13.1 Å². The van der Waals surface area contributed by atoms with Crippen LogP contribution in [0.15, 0.2) is 0 Å². The maximum atomic E-state index is 10.5. The average molecular weight is 153 g/mol. The van der Waals surface area contributed by atoms with Crippen molar-refractivity contribution in [3.8, 4) is 0 Å². The Morgan fingerprint density at radius 1 is 1.67 bits per heavy atom. The van der Waals surface area contributed by atoms with Crippen molar-refractivity contribution in [1.29, 1.82) is 0 Å². The summed E-state index contributed by atoms with van der Waals surface area (Å²) in [7, 11) is -1.90. The average Bonchev–Trinajstić information content (AvgIpc) is 1.63. The second-order valence-corrected chi connectivity index (χ2v) is 3.81. The van der Waals surface area contributed by atoms with Crippen LogP contribution < -0.4 is 4.72 Å². The molecule has 0 aromatic heterocycles. The van der Waals surface area contributed by atoms with Crippen LogP contribution in [-0.2, 0) is 10.0 Å². The fraction of sp³-hybridized carbons (Fsp3) is 1.00. The lowest BCUT2D eigenvalue weighted by molar-refractivity contribution is 0.218. The van der Waals surface area contributed by atoms with Crippen LogP contribution in [0.25, 0.3) is 0 Å². The topological polar surface area (TPSA) is 66.4 Å². The lowest BCUT2D eigenvalue weighted by atomic mass is 10.5. The van der Waals surface area contributed by atoms with Crippen molar-refractivity contribution >= 4 is 10.0 Å². The molecular weight excluding hydrogens is 142 g/mol. The first-order valence-corrected chi connectivity index (χ1v) is 4.22. The molecule has 9 heavy (non-hydrogen) atoms. The zero-order chi connectivity index (χ0) is 7.49. The first kappa shape index (κ1) is 8.87. The van der Waals surface area contributed by atoms with E-state index in [1.165, 1.54) is 14.0 Å². The van der Waals surface area contributed by atoms with Crippen molar-refractivity contribution in [1.82, 2.24) is 4.72 Å². The van der Waals surface area contributed by atoms with E-state index in [4.69, 9.17) is 5.11 Å². The number of hydrogen-bond donors (Lipinski definition) is 2. The third kappa shape index (κ3) is 4.38. The SMILES string of the molecule is CNS(=O)(=O)CC(C)O. The van der Waals surface area contributed by atoms with Gasteiger partial charge in [0.05, 0.1) is 11.9 Å². The van der Waals surface area contributed by atoms with Crippen LogP contribution >= 0.6 is 0 Å². The standard InChI is InChI=1S/C4H11NO3S/c1-4(6)3-9(7,8)5-2/h4-6H,3H2,1-2H3. The van der Waals surface area contributed by atoms with Gasteiger partial charge in [0, 0.05) is 0 Å². The Morgan fingerprint density at radius 3 is 2.22 bits per heavy atom. The quantitative estimate of drug-likeness (QED) is 0.542. The maximum absolute atomic E-state index is 10.5. The first-order valence-electron chi connectivity index (χ1n) is 2.57. The van der Waals surface area contributed by atoms with Crippen molar-refractivity contribution in [2.75, 3.05) is 12.8 Å². The van der Waals surface area contributed by atoms with E-state index in [-0.39, 0.29) is 5.75 Å². The Hall–Kier alpha value is -0.130. The first-order chi connectivity index (χ1) is 3.98. The number of aliphatic hydroxyl groups excluding tert-OH is 1. The molecule has 5 heteroatoms. The van der Waals surface area contributed by atoms with Crippen LogP contribution in [0.3, 0.4) is 0 Å². The number of nitrogens with one attached hydrogen (secondary N) is 1. The molecule has 56 valence electrons. The van der Waals surface area contributed by atoms with Gasteiger partial charge in [0.2, 0.25) is 10.0 Å². The highest BCUT2D eigenvalue weighted by molar-refractivity contribution is 7.89. The van der Waals surface area contributed by atoms with E-state index in [0.29, 0.717) is 0 Å². The fourth-order valence-corrected chi connectivity index (χ4v) is 1.20. The Labute approximate surface area is 54.9 Å². The largest absolute Gasteiger partial charge is 0.392 e. The molecule has 0 aliphatic rings. The Morgan fingerprint density at radius 2 is 2.11 bits per heavy atom. The summed E-state index contributed by atoms with van der Waals surface area (Å²) in [5, 5.41) is 8.60. The van der Waals surface area contributed by atoms with Crippen molar-refractivity contribution in [2.24, 2.45) is 0 Å². The zero-order valence-corrected chi connectivity index (χ0v) is 6.27. The summed E-state index contributed by atoms with van der Waals surface area (Å²) >= 11 is 0. The predicted molar refractivity (Wildman–Crippen MR) is 34.5 cm³/mol. The minimum Gasteiger partial charge on any atom is -0.392 e.